The third kappa shape index (κ3) is 4.68. The lowest BCUT2D eigenvalue weighted by molar-refractivity contribution is -0.123. The molecular formula is C15H17FN6OS2. The molecule has 0 saturated heterocycles. The van der Waals surface area contributed by atoms with Crippen molar-refractivity contribution in [1.82, 2.24) is 9.97 Å². The van der Waals surface area contributed by atoms with Crippen LogP contribution in [0.15, 0.2) is 23.4 Å². The second kappa shape index (κ2) is 8.28. The number of thioether (sulfide) groups is 1. The predicted octanol–water partition coefficient (Wildman–Crippen LogP) is 4.27. The number of carbonyl (C=O) groups is 1. The number of amides is 1. The molecule has 10 heteroatoms. The fourth-order valence-electron chi connectivity index (χ4n) is 2.08. The largest absolute Gasteiger partial charge is 0.316 e. The van der Waals surface area contributed by atoms with Crippen LogP contribution < -0.4 is 5.32 Å². The van der Waals surface area contributed by atoms with Crippen molar-refractivity contribution in [2.24, 2.45) is 10.5 Å². The number of thiazole rings is 1. The van der Waals surface area contributed by atoms with Crippen LogP contribution in [0.4, 0.5) is 9.39 Å². The highest BCUT2D eigenvalue weighted by molar-refractivity contribution is 7.98. The van der Waals surface area contributed by atoms with E-state index in [1.807, 2.05) is 6.26 Å². The van der Waals surface area contributed by atoms with Crippen LogP contribution in [0.3, 0.4) is 0 Å². The summed E-state index contributed by atoms with van der Waals surface area (Å²) in [5.41, 5.74) is 9.06. The summed E-state index contributed by atoms with van der Waals surface area (Å²) in [4.78, 5) is 23.5. The molecule has 0 bridgehead atoms. The summed E-state index contributed by atoms with van der Waals surface area (Å²) in [7, 11) is 0. The van der Waals surface area contributed by atoms with Gasteiger partial charge in [0.25, 0.3) is 0 Å². The molecule has 0 spiro atoms. The molecule has 25 heavy (non-hydrogen) atoms. The van der Waals surface area contributed by atoms with Gasteiger partial charge in [0.1, 0.15) is 10.0 Å². The number of hydrogen-bond donors (Lipinski definition) is 1. The van der Waals surface area contributed by atoms with Crippen LogP contribution in [0.25, 0.3) is 21.0 Å². The van der Waals surface area contributed by atoms with Gasteiger partial charge in [0.15, 0.2) is 0 Å². The Balaban J connectivity index is 2.22. The van der Waals surface area contributed by atoms with Gasteiger partial charge in [-0.1, -0.05) is 16.5 Å². The van der Waals surface area contributed by atoms with Crippen molar-refractivity contribution in [2.45, 2.75) is 13.8 Å². The SMILES string of the molecule is CSCC(C)(CN=[N+]=[N-])C(=O)Nc1sc(-c2ccc(F)nc2)nc1C. The molecule has 2 rings (SSSR count). The van der Waals surface area contributed by atoms with Crippen LogP contribution in [0, 0.1) is 18.3 Å². The van der Waals surface area contributed by atoms with E-state index in [2.05, 4.69) is 25.3 Å². The van der Waals surface area contributed by atoms with Crippen molar-refractivity contribution in [3.8, 4) is 10.6 Å². The van der Waals surface area contributed by atoms with Gasteiger partial charge in [0.05, 0.1) is 11.1 Å². The third-order valence-corrected chi connectivity index (χ3v) is 5.54. The summed E-state index contributed by atoms with van der Waals surface area (Å²) in [6.45, 7) is 3.61. The molecule has 0 aliphatic carbocycles. The zero-order valence-electron chi connectivity index (χ0n) is 14.0. The molecule has 1 amide bonds. The van der Waals surface area contributed by atoms with Gasteiger partial charge in [-0.05, 0) is 37.8 Å². The minimum absolute atomic E-state index is 0.0722. The number of azide groups is 1. The van der Waals surface area contributed by atoms with Gasteiger partial charge in [-0.15, -0.1) is 0 Å². The monoisotopic (exact) mass is 380 g/mol. The highest BCUT2D eigenvalue weighted by atomic mass is 32.2. The van der Waals surface area contributed by atoms with Crippen molar-refractivity contribution < 1.29 is 9.18 Å². The molecule has 2 heterocycles. The summed E-state index contributed by atoms with van der Waals surface area (Å²) in [6, 6.07) is 2.85. The molecule has 7 nitrogen and oxygen atoms in total. The predicted molar refractivity (Wildman–Crippen MR) is 99.2 cm³/mol. The average molecular weight is 380 g/mol. The van der Waals surface area contributed by atoms with Crippen LogP contribution in [0.2, 0.25) is 0 Å². The number of rotatable bonds is 7. The number of hydrogen-bond acceptors (Lipinski definition) is 6. The Morgan fingerprint density at radius 3 is 2.92 bits per heavy atom. The Morgan fingerprint density at radius 1 is 1.56 bits per heavy atom. The van der Waals surface area contributed by atoms with Gasteiger partial charge < -0.3 is 5.32 Å². The van der Waals surface area contributed by atoms with E-state index in [-0.39, 0.29) is 12.5 Å². The lowest BCUT2D eigenvalue weighted by Crippen LogP contribution is -2.38. The van der Waals surface area contributed by atoms with Crippen LogP contribution >= 0.6 is 23.1 Å². The van der Waals surface area contributed by atoms with E-state index >= 15 is 0 Å². The second-order valence-corrected chi connectivity index (χ2v) is 7.51. The fourth-order valence-corrected chi connectivity index (χ4v) is 3.89. The minimum atomic E-state index is -0.820. The number of pyridine rings is 1. The van der Waals surface area contributed by atoms with E-state index in [1.165, 1.54) is 35.4 Å². The van der Waals surface area contributed by atoms with Crippen molar-refractivity contribution >= 4 is 34.0 Å². The molecule has 0 saturated carbocycles. The van der Waals surface area contributed by atoms with Gasteiger partial charge in [-0.2, -0.15) is 16.2 Å². The Labute approximate surface area is 152 Å². The average Bonchev–Trinajstić information content (AvgIpc) is 2.94. The van der Waals surface area contributed by atoms with Crippen LogP contribution in [0.1, 0.15) is 12.6 Å². The van der Waals surface area contributed by atoms with E-state index in [0.29, 0.717) is 27.0 Å². The summed E-state index contributed by atoms with van der Waals surface area (Å²) in [5.74, 6) is -0.272. The van der Waals surface area contributed by atoms with Gasteiger partial charge >= 0.3 is 0 Å². The van der Waals surface area contributed by atoms with Gasteiger partial charge in [-0.3, -0.25) is 4.79 Å². The zero-order chi connectivity index (χ0) is 18.4. The summed E-state index contributed by atoms with van der Waals surface area (Å²) >= 11 is 2.79. The van der Waals surface area contributed by atoms with Crippen molar-refractivity contribution in [3.63, 3.8) is 0 Å². The normalized spacial score (nSPS) is 13.0. The Morgan fingerprint density at radius 2 is 2.32 bits per heavy atom. The lowest BCUT2D eigenvalue weighted by Gasteiger charge is -2.25. The molecule has 1 atom stereocenters. The highest BCUT2D eigenvalue weighted by Crippen LogP contribution is 2.33. The first-order valence-corrected chi connectivity index (χ1v) is 9.51. The maximum atomic E-state index is 12.9. The minimum Gasteiger partial charge on any atom is -0.316 e. The van der Waals surface area contributed by atoms with E-state index in [0.717, 1.165) is 0 Å². The molecule has 0 aliphatic heterocycles. The van der Waals surface area contributed by atoms with Gasteiger partial charge in [0, 0.05) is 29.0 Å². The first-order valence-electron chi connectivity index (χ1n) is 7.30. The number of aromatic nitrogens is 2. The van der Waals surface area contributed by atoms with E-state index in [4.69, 9.17) is 5.53 Å². The van der Waals surface area contributed by atoms with Crippen molar-refractivity contribution in [2.75, 3.05) is 23.9 Å². The van der Waals surface area contributed by atoms with E-state index in [9.17, 15) is 9.18 Å². The Kier molecular flexibility index (Phi) is 6.35. The summed E-state index contributed by atoms with van der Waals surface area (Å²) < 4.78 is 12.9. The molecule has 0 radical (unpaired) electrons. The molecule has 2 aromatic heterocycles. The molecule has 0 fully saturated rings. The number of anilines is 1. The Hall–Kier alpha value is -2.16. The maximum absolute atomic E-state index is 12.9. The smallest absolute Gasteiger partial charge is 0.231 e. The molecule has 1 unspecified atom stereocenters. The van der Waals surface area contributed by atoms with Gasteiger partial charge in [0.2, 0.25) is 11.9 Å². The fraction of sp³-hybridized carbons (Fsp3) is 0.400. The molecule has 0 aromatic carbocycles. The first-order chi connectivity index (χ1) is 11.9. The quantitative estimate of drug-likeness (QED) is 0.335. The number of aryl methyl sites for hydroxylation is 1. The second-order valence-electron chi connectivity index (χ2n) is 5.64. The number of halogens is 1. The van der Waals surface area contributed by atoms with Crippen LogP contribution in [0.5, 0.6) is 0 Å². The first kappa shape index (κ1) is 19.2. The number of nitrogens with zero attached hydrogens (tertiary/aromatic N) is 5. The van der Waals surface area contributed by atoms with Crippen LogP contribution in [-0.4, -0.2) is 34.4 Å². The highest BCUT2D eigenvalue weighted by Gasteiger charge is 2.33. The maximum Gasteiger partial charge on any atom is 0.231 e. The summed E-state index contributed by atoms with van der Waals surface area (Å²) in [6.07, 6.45) is 3.29. The standard InChI is InChI=1S/C15H17FN6OS2/c1-9-12(21-14(23)15(2,8-24-3)7-19-22-17)25-13(20-9)10-4-5-11(16)18-6-10/h4-6H,7-8H2,1-3H3,(H,21,23). The van der Waals surface area contributed by atoms with Gasteiger partial charge in [-0.25, -0.2) is 9.97 Å². The van der Waals surface area contributed by atoms with E-state index < -0.39 is 11.4 Å². The summed E-state index contributed by atoms with van der Waals surface area (Å²) in [5, 5.41) is 7.68. The Bertz CT molecular complexity index is 803. The number of carbonyl (C=O) groups excluding carboxylic acids is 1. The lowest BCUT2D eigenvalue weighted by atomic mass is 9.92. The molecule has 1 N–H and O–H groups in total. The molecule has 0 aliphatic rings. The molecule has 2 aromatic rings. The molecule has 132 valence electrons. The van der Waals surface area contributed by atoms with E-state index in [1.54, 1.807) is 19.9 Å². The van der Waals surface area contributed by atoms with Crippen LogP contribution in [-0.2, 0) is 4.79 Å². The third-order valence-electron chi connectivity index (χ3n) is 3.49. The van der Waals surface area contributed by atoms with Crippen molar-refractivity contribution in [1.29, 1.82) is 0 Å². The molecular weight excluding hydrogens is 363 g/mol. The topological polar surface area (TPSA) is 104 Å². The number of nitrogens with one attached hydrogen (secondary N) is 1. The van der Waals surface area contributed by atoms with Crippen molar-refractivity contribution in [3.05, 3.63) is 40.4 Å². The zero-order valence-corrected chi connectivity index (χ0v) is 15.6.